The molecule has 0 heterocycles. The maximum atomic E-state index is 8.33. The molecule has 0 atom stereocenters. The Balaban J connectivity index is 2.70. The van der Waals surface area contributed by atoms with Gasteiger partial charge in [0, 0.05) is 0 Å². The molecule has 0 spiro atoms. The molecular formula is C10H9Cl2N3. The number of nitriles is 1. The van der Waals surface area contributed by atoms with E-state index in [0.717, 1.165) is 5.56 Å². The van der Waals surface area contributed by atoms with E-state index in [1.54, 1.807) is 25.2 Å². The van der Waals surface area contributed by atoms with E-state index in [-0.39, 0.29) is 0 Å². The van der Waals surface area contributed by atoms with Gasteiger partial charge >= 0.3 is 0 Å². The van der Waals surface area contributed by atoms with Crippen LogP contribution >= 0.6 is 23.2 Å². The van der Waals surface area contributed by atoms with E-state index in [2.05, 4.69) is 10.3 Å². The van der Waals surface area contributed by atoms with E-state index in [1.807, 2.05) is 6.07 Å². The van der Waals surface area contributed by atoms with Crippen LogP contribution in [0.2, 0.25) is 10.0 Å². The topological polar surface area (TPSA) is 48.2 Å². The molecule has 3 nitrogen and oxygen atoms in total. The third kappa shape index (κ3) is 3.78. The van der Waals surface area contributed by atoms with Gasteiger partial charge in [0.15, 0.2) is 6.19 Å². The lowest BCUT2D eigenvalue weighted by atomic mass is 10.2. The summed E-state index contributed by atoms with van der Waals surface area (Å²) in [4.78, 5) is 4.14. The van der Waals surface area contributed by atoms with Gasteiger partial charge in [0.05, 0.1) is 16.6 Å². The summed E-state index contributed by atoms with van der Waals surface area (Å²) in [5.41, 5.74) is 0.948. The number of aliphatic imine (C=N–C) groups is 1. The van der Waals surface area contributed by atoms with E-state index in [1.165, 1.54) is 0 Å². The predicted molar refractivity (Wildman–Crippen MR) is 62.0 cm³/mol. The van der Waals surface area contributed by atoms with Crippen LogP contribution in [0.25, 0.3) is 0 Å². The zero-order chi connectivity index (χ0) is 11.3. The Hall–Kier alpha value is -1.24. The first kappa shape index (κ1) is 11.8. The lowest BCUT2D eigenvalue weighted by Gasteiger charge is -2.00. The van der Waals surface area contributed by atoms with E-state index < -0.39 is 0 Å². The Morgan fingerprint density at radius 2 is 2.20 bits per heavy atom. The minimum absolute atomic E-state index is 0.470. The molecule has 0 radical (unpaired) electrons. The number of nitrogens with one attached hydrogen (secondary N) is 1. The summed E-state index contributed by atoms with van der Waals surface area (Å²) >= 11 is 11.6. The molecule has 0 saturated carbocycles. The largest absolute Gasteiger partial charge is 0.281 e. The number of hydrogen-bond acceptors (Lipinski definition) is 2. The third-order valence-corrected chi connectivity index (χ3v) is 2.46. The van der Waals surface area contributed by atoms with Crippen LogP contribution in [0.5, 0.6) is 0 Å². The molecule has 0 aromatic heterocycles. The molecule has 0 aliphatic rings. The van der Waals surface area contributed by atoms with Gasteiger partial charge in [-0.25, -0.2) is 0 Å². The quantitative estimate of drug-likeness (QED) is 0.375. The summed E-state index contributed by atoms with van der Waals surface area (Å²) in [6.45, 7) is 2.19. The average Bonchev–Trinajstić information content (AvgIpc) is 2.20. The fourth-order valence-corrected chi connectivity index (χ4v) is 1.29. The van der Waals surface area contributed by atoms with Crippen LogP contribution in [0.1, 0.15) is 12.5 Å². The van der Waals surface area contributed by atoms with E-state index in [9.17, 15) is 0 Å². The minimum atomic E-state index is 0.470. The van der Waals surface area contributed by atoms with Crippen LogP contribution in [-0.2, 0) is 6.54 Å². The van der Waals surface area contributed by atoms with Crippen LogP contribution < -0.4 is 5.32 Å². The monoisotopic (exact) mass is 241 g/mol. The normalized spacial score (nSPS) is 10.9. The standard InChI is InChI=1S/C10H9Cl2N3/c1-7(15-6-13)14-5-8-2-3-9(11)10(12)4-8/h2-4H,5H2,1H3,(H,14,15). The number of rotatable bonds is 2. The fourth-order valence-electron chi connectivity index (χ4n) is 0.968. The van der Waals surface area contributed by atoms with Crippen molar-refractivity contribution in [2.45, 2.75) is 13.5 Å². The minimum Gasteiger partial charge on any atom is -0.281 e. The van der Waals surface area contributed by atoms with Crippen molar-refractivity contribution in [3.05, 3.63) is 33.8 Å². The van der Waals surface area contributed by atoms with Crippen LogP contribution in [0.4, 0.5) is 0 Å². The second-order valence-corrected chi connectivity index (χ2v) is 3.70. The van der Waals surface area contributed by atoms with Crippen molar-refractivity contribution < 1.29 is 0 Å². The van der Waals surface area contributed by atoms with Gasteiger partial charge in [-0.1, -0.05) is 29.3 Å². The molecule has 1 N–H and O–H groups in total. The zero-order valence-corrected chi connectivity index (χ0v) is 9.60. The molecule has 0 aliphatic carbocycles. The highest BCUT2D eigenvalue weighted by atomic mass is 35.5. The van der Waals surface area contributed by atoms with Crippen molar-refractivity contribution in [2.75, 3.05) is 0 Å². The van der Waals surface area contributed by atoms with Gasteiger partial charge < -0.3 is 0 Å². The summed E-state index contributed by atoms with van der Waals surface area (Å²) in [6.07, 6.45) is 1.80. The van der Waals surface area contributed by atoms with Gasteiger partial charge in [-0.3, -0.25) is 10.3 Å². The predicted octanol–water partition coefficient (Wildman–Crippen LogP) is 2.98. The second-order valence-electron chi connectivity index (χ2n) is 2.89. The molecule has 0 amide bonds. The number of benzene rings is 1. The van der Waals surface area contributed by atoms with Gasteiger partial charge in [0.2, 0.25) is 0 Å². The fraction of sp³-hybridized carbons (Fsp3) is 0.200. The molecule has 15 heavy (non-hydrogen) atoms. The maximum Gasteiger partial charge on any atom is 0.182 e. The molecule has 1 aromatic carbocycles. The smallest absolute Gasteiger partial charge is 0.182 e. The first-order chi connectivity index (χ1) is 7.13. The summed E-state index contributed by atoms with van der Waals surface area (Å²) in [6, 6.07) is 5.33. The average molecular weight is 242 g/mol. The van der Waals surface area contributed by atoms with Crippen molar-refractivity contribution in [3.8, 4) is 6.19 Å². The first-order valence-electron chi connectivity index (χ1n) is 4.23. The summed E-state index contributed by atoms with van der Waals surface area (Å²) < 4.78 is 0. The lowest BCUT2D eigenvalue weighted by molar-refractivity contribution is 1.04. The Morgan fingerprint density at radius 3 is 2.80 bits per heavy atom. The Kier molecular flexibility index (Phi) is 4.41. The van der Waals surface area contributed by atoms with Gasteiger partial charge in [0.1, 0.15) is 5.84 Å². The van der Waals surface area contributed by atoms with Crippen molar-refractivity contribution in [3.63, 3.8) is 0 Å². The second kappa shape index (κ2) is 5.59. The molecule has 78 valence electrons. The first-order valence-corrected chi connectivity index (χ1v) is 4.99. The van der Waals surface area contributed by atoms with Crippen molar-refractivity contribution >= 4 is 29.0 Å². The molecule has 0 aliphatic heterocycles. The summed E-state index contributed by atoms with van der Waals surface area (Å²) in [7, 11) is 0. The van der Waals surface area contributed by atoms with Gasteiger partial charge in [-0.2, -0.15) is 5.26 Å². The summed E-state index contributed by atoms with van der Waals surface area (Å²) in [5.74, 6) is 0.573. The van der Waals surface area contributed by atoms with Crippen molar-refractivity contribution in [2.24, 2.45) is 4.99 Å². The molecule has 0 unspecified atom stereocenters. The van der Waals surface area contributed by atoms with Crippen LogP contribution in [0, 0.1) is 11.5 Å². The van der Waals surface area contributed by atoms with E-state index in [4.69, 9.17) is 28.5 Å². The molecular weight excluding hydrogens is 233 g/mol. The Morgan fingerprint density at radius 1 is 1.47 bits per heavy atom. The number of hydrogen-bond donors (Lipinski definition) is 1. The Bertz CT molecular complexity index is 421. The molecule has 0 bridgehead atoms. The third-order valence-electron chi connectivity index (χ3n) is 1.72. The van der Waals surface area contributed by atoms with Crippen LogP contribution in [0.3, 0.4) is 0 Å². The van der Waals surface area contributed by atoms with Gasteiger partial charge in [0.25, 0.3) is 0 Å². The number of nitrogens with zero attached hydrogens (tertiary/aromatic N) is 2. The Labute approximate surface area is 98.3 Å². The van der Waals surface area contributed by atoms with Crippen molar-refractivity contribution in [1.82, 2.24) is 5.32 Å². The summed E-state index contributed by atoms with van der Waals surface area (Å²) in [5, 5.41) is 11.8. The van der Waals surface area contributed by atoms with E-state index >= 15 is 0 Å². The molecule has 5 heteroatoms. The van der Waals surface area contributed by atoms with Gasteiger partial charge in [-0.15, -0.1) is 0 Å². The van der Waals surface area contributed by atoms with Crippen LogP contribution in [-0.4, -0.2) is 5.84 Å². The lowest BCUT2D eigenvalue weighted by Crippen LogP contribution is -2.13. The van der Waals surface area contributed by atoms with Crippen molar-refractivity contribution in [1.29, 1.82) is 5.26 Å². The van der Waals surface area contributed by atoms with Crippen LogP contribution in [0.15, 0.2) is 23.2 Å². The zero-order valence-electron chi connectivity index (χ0n) is 8.09. The highest BCUT2D eigenvalue weighted by Gasteiger charge is 1.98. The molecule has 1 rings (SSSR count). The number of halogens is 2. The molecule has 1 aromatic rings. The van der Waals surface area contributed by atoms with Gasteiger partial charge in [-0.05, 0) is 24.6 Å². The highest BCUT2D eigenvalue weighted by Crippen LogP contribution is 2.22. The highest BCUT2D eigenvalue weighted by molar-refractivity contribution is 6.42. The molecule has 0 fully saturated rings. The van der Waals surface area contributed by atoms with E-state index in [0.29, 0.717) is 22.4 Å². The molecule has 0 saturated heterocycles. The maximum absolute atomic E-state index is 8.33. The SMILES string of the molecule is CC(=NCc1ccc(Cl)c(Cl)c1)NC#N. The number of amidine groups is 1.